The minimum Gasteiger partial charge on any atom is -0.491 e. The summed E-state index contributed by atoms with van der Waals surface area (Å²) in [5.41, 5.74) is 0.901. The normalized spacial score (nSPS) is 23.1. The Balaban J connectivity index is 1.63. The number of anilines is 1. The van der Waals surface area contributed by atoms with Crippen molar-refractivity contribution in [2.45, 2.75) is 38.8 Å². The standard InChI is InChI=1S/C26H33N5O5/c1-16-13-31(25(33)18-5-6-18)17(2)15-36-22-8-7-19(29-24(32)21-12-27-9-10-28-21)11-20(22)26(34)30(3)14-23(16)35-4/h7-12,16-18,23H,5-6,13-15H2,1-4H3,(H,29,32)/t16-,17+,23-/m0/s1. The SMILES string of the molecule is CO[C@H]1CN(C)C(=O)c2cc(NC(=O)c3cnccn3)ccc2OC[C@@H](C)N(C(=O)C2CC2)C[C@@H]1C. The average molecular weight is 496 g/mol. The summed E-state index contributed by atoms with van der Waals surface area (Å²) in [6.07, 6.45) is 5.88. The third-order valence-electron chi connectivity index (χ3n) is 6.71. The van der Waals surface area contributed by atoms with E-state index in [1.165, 1.54) is 18.6 Å². The largest absolute Gasteiger partial charge is 0.491 e. The number of nitrogens with one attached hydrogen (secondary N) is 1. The number of ether oxygens (including phenoxy) is 2. The van der Waals surface area contributed by atoms with E-state index in [1.807, 2.05) is 18.7 Å². The molecule has 4 rings (SSSR count). The number of amides is 3. The quantitative estimate of drug-likeness (QED) is 0.693. The van der Waals surface area contributed by atoms with Crippen LogP contribution in [0.1, 0.15) is 47.5 Å². The van der Waals surface area contributed by atoms with E-state index in [1.54, 1.807) is 37.3 Å². The molecule has 1 fully saturated rings. The van der Waals surface area contributed by atoms with E-state index in [-0.39, 0.29) is 48.1 Å². The van der Waals surface area contributed by atoms with Gasteiger partial charge >= 0.3 is 0 Å². The zero-order valence-corrected chi connectivity index (χ0v) is 21.1. The summed E-state index contributed by atoms with van der Waals surface area (Å²) in [6.45, 7) is 5.10. The number of methoxy groups -OCH3 is 1. The van der Waals surface area contributed by atoms with Crippen LogP contribution in [0, 0.1) is 11.8 Å². The van der Waals surface area contributed by atoms with Crippen LogP contribution in [0.2, 0.25) is 0 Å². The van der Waals surface area contributed by atoms with Crippen LogP contribution in [0.25, 0.3) is 0 Å². The maximum Gasteiger partial charge on any atom is 0.275 e. The minimum absolute atomic E-state index is 0.00639. The van der Waals surface area contributed by atoms with Crippen LogP contribution in [-0.4, -0.2) is 83.5 Å². The predicted octanol–water partition coefficient (Wildman–Crippen LogP) is 2.47. The molecule has 2 aliphatic rings. The highest BCUT2D eigenvalue weighted by molar-refractivity contribution is 6.04. The highest BCUT2D eigenvalue weighted by Crippen LogP contribution is 2.33. The van der Waals surface area contributed by atoms with Gasteiger partial charge in [0.25, 0.3) is 11.8 Å². The van der Waals surface area contributed by atoms with Gasteiger partial charge in [-0.1, -0.05) is 6.92 Å². The van der Waals surface area contributed by atoms with Gasteiger partial charge in [-0.2, -0.15) is 0 Å². The van der Waals surface area contributed by atoms with Crippen LogP contribution in [0.4, 0.5) is 5.69 Å². The van der Waals surface area contributed by atoms with Gasteiger partial charge in [0.15, 0.2) is 0 Å². The second-order valence-corrected chi connectivity index (χ2v) is 9.62. The van der Waals surface area contributed by atoms with E-state index < -0.39 is 5.91 Å². The van der Waals surface area contributed by atoms with Gasteiger partial charge in [0.2, 0.25) is 5.91 Å². The average Bonchev–Trinajstić information content (AvgIpc) is 3.74. The molecule has 0 spiro atoms. The number of likely N-dealkylation sites (N-methyl/N-ethyl adjacent to an activating group) is 1. The van der Waals surface area contributed by atoms with Gasteiger partial charge in [-0.3, -0.25) is 19.4 Å². The molecule has 1 aromatic heterocycles. The van der Waals surface area contributed by atoms with Crippen molar-refractivity contribution in [3.05, 3.63) is 48.0 Å². The van der Waals surface area contributed by atoms with E-state index in [9.17, 15) is 14.4 Å². The van der Waals surface area contributed by atoms with Crippen molar-refractivity contribution in [3.8, 4) is 5.75 Å². The van der Waals surface area contributed by atoms with E-state index >= 15 is 0 Å². The zero-order chi connectivity index (χ0) is 25.8. The van der Waals surface area contributed by atoms with Crippen molar-refractivity contribution in [3.63, 3.8) is 0 Å². The molecule has 2 aromatic rings. The molecule has 3 amide bonds. The Morgan fingerprint density at radius 3 is 2.61 bits per heavy atom. The Labute approximate surface area is 211 Å². The number of benzene rings is 1. The minimum atomic E-state index is -0.436. The van der Waals surface area contributed by atoms with Crippen molar-refractivity contribution in [2.75, 3.05) is 39.2 Å². The summed E-state index contributed by atoms with van der Waals surface area (Å²) in [7, 11) is 3.33. The van der Waals surface area contributed by atoms with Gasteiger partial charge in [0.1, 0.15) is 18.1 Å². The maximum absolute atomic E-state index is 13.5. The molecular formula is C26H33N5O5. The maximum atomic E-state index is 13.5. The van der Waals surface area contributed by atoms with Crippen molar-refractivity contribution in [2.24, 2.45) is 11.8 Å². The number of carbonyl (C=O) groups is 3. The molecule has 3 atom stereocenters. The Morgan fingerprint density at radius 1 is 1.17 bits per heavy atom. The molecular weight excluding hydrogens is 462 g/mol. The molecule has 0 bridgehead atoms. The van der Waals surface area contributed by atoms with Gasteiger partial charge in [-0.15, -0.1) is 0 Å². The molecule has 192 valence electrons. The first-order chi connectivity index (χ1) is 17.3. The number of hydrogen-bond donors (Lipinski definition) is 1. The monoisotopic (exact) mass is 495 g/mol. The number of hydrogen-bond acceptors (Lipinski definition) is 7. The van der Waals surface area contributed by atoms with Crippen LogP contribution in [0.3, 0.4) is 0 Å². The number of fused-ring (bicyclic) bond motifs is 1. The number of nitrogens with zero attached hydrogens (tertiary/aromatic N) is 4. The first-order valence-corrected chi connectivity index (χ1v) is 12.2. The van der Waals surface area contributed by atoms with Crippen LogP contribution in [-0.2, 0) is 9.53 Å². The smallest absolute Gasteiger partial charge is 0.275 e. The summed E-state index contributed by atoms with van der Waals surface area (Å²) in [5, 5.41) is 2.76. The highest BCUT2D eigenvalue weighted by Gasteiger charge is 2.37. The first-order valence-electron chi connectivity index (χ1n) is 12.2. The Bertz CT molecular complexity index is 1110. The van der Waals surface area contributed by atoms with Crippen LogP contribution >= 0.6 is 0 Å². The molecule has 1 aliphatic heterocycles. The predicted molar refractivity (Wildman–Crippen MR) is 133 cm³/mol. The summed E-state index contributed by atoms with van der Waals surface area (Å²) < 4.78 is 11.8. The summed E-state index contributed by atoms with van der Waals surface area (Å²) in [6, 6.07) is 4.74. The number of aromatic nitrogens is 2. The Morgan fingerprint density at radius 2 is 1.94 bits per heavy atom. The number of rotatable bonds is 4. The molecule has 10 nitrogen and oxygen atoms in total. The van der Waals surface area contributed by atoms with E-state index in [0.717, 1.165) is 12.8 Å². The van der Waals surface area contributed by atoms with E-state index in [4.69, 9.17) is 9.47 Å². The fourth-order valence-corrected chi connectivity index (χ4v) is 4.34. The van der Waals surface area contributed by atoms with Crippen LogP contribution < -0.4 is 10.1 Å². The summed E-state index contributed by atoms with van der Waals surface area (Å²) in [4.78, 5) is 50.5. The summed E-state index contributed by atoms with van der Waals surface area (Å²) in [5.74, 6) is -0.0605. The first kappa shape index (κ1) is 25.6. The third-order valence-corrected chi connectivity index (χ3v) is 6.71. The van der Waals surface area contributed by atoms with Crippen molar-refractivity contribution in [1.29, 1.82) is 0 Å². The van der Waals surface area contributed by atoms with Gasteiger partial charge in [0.05, 0.1) is 23.9 Å². The molecule has 36 heavy (non-hydrogen) atoms. The van der Waals surface area contributed by atoms with Crippen molar-refractivity contribution < 1.29 is 23.9 Å². The van der Waals surface area contributed by atoms with Gasteiger partial charge in [-0.05, 0) is 38.0 Å². The molecule has 0 radical (unpaired) electrons. The van der Waals surface area contributed by atoms with Crippen LogP contribution in [0.5, 0.6) is 5.75 Å². The molecule has 0 unspecified atom stereocenters. The van der Waals surface area contributed by atoms with Gasteiger partial charge in [0, 0.05) is 57.2 Å². The molecule has 1 aliphatic carbocycles. The Hall–Kier alpha value is -3.53. The zero-order valence-electron chi connectivity index (χ0n) is 21.1. The van der Waals surface area contributed by atoms with Crippen molar-refractivity contribution in [1.82, 2.24) is 19.8 Å². The molecule has 2 heterocycles. The lowest BCUT2D eigenvalue weighted by Gasteiger charge is -2.36. The topological polar surface area (TPSA) is 114 Å². The lowest BCUT2D eigenvalue weighted by molar-refractivity contribution is -0.136. The fraction of sp³-hybridized carbons (Fsp3) is 0.500. The molecule has 10 heteroatoms. The second kappa shape index (κ2) is 11.0. The summed E-state index contributed by atoms with van der Waals surface area (Å²) >= 11 is 0. The number of carbonyl (C=O) groups excluding carboxylic acids is 3. The second-order valence-electron chi connectivity index (χ2n) is 9.62. The van der Waals surface area contributed by atoms with Gasteiger partial charge < -0.3 is 24.6 Å². The molecule has 1 saturated carbocycles. The molecule has 1 N–H and O–H groups in total. The van der Waals surface area contributed by atoms with E-state index in [0.29, 0.717) is 30.1 Å². The molecule has 1 aromatic carbocycles. The Kier molecular flexibility index (Phi) is 7.83. The third kappa shape index (κ3) is 5.81. The van der Waals surface area contributed by atoms with Crippen molar-refractivity contribution >= 4 is 23.4 Å². The molecule has 0 saturated heterocycles. The van der Waals surface area contributed by atoms with Crippen LogP contribution in [0.15, 0.2) is 36.8 Å². The lowest BCUT2D eigenvalue weighted by Crippen LogP contribution is -2.49. The van der Waals surface area contributed by atoms with E-state index in [2.05, 4.69) is 15.3 Å². The highest BCUT2D eigenvalue weighted by atomic mass is 16.5. The van der Waals surface area contributed by atoms with Gasteiger partial charge in [-0.25, -0.2) is 4.98 Å². The fourth-order valence-electron chi connectivity index (χ4n) is 4.34. The lowest BCUT2D eigenvalue weighted by atomic mass is 10.0.